The van der Waals surface area contributed by atoms with E-state index < -0.39 is 5.25 Å². The van der Waals surface area contributed by atoms with Crippen molar-refractivity contribution in [2.75, 3.05) is 10.6 Å². The molecule has 4 rings (SSSR count). The van der Waals surface area contributed by atoms with Gasteiger partial charge in [-0.05, 0) is 60.2 Å². The summed E-state index contributed by atoms with van der Waals surface area (Å²) in [4.78, 5) is 26.9. The van der Waals surface area contributed by atoms with Crippen LogP contribution in [0.5, 0.6) is 0 Å². The summed E-state index contributed by atoms with van der Waals surface area (Å²) < 4.78 is 0. The van der Waals surface area contributed by atoms with E-state index in [9.17, 15) is 9.59 Å². The molecule has 182 valence electrons. The standard InChI is InChI=1S/C27H18Cl4N2O2S/c28-17-9-11-21(22(30)13-17)26(34)32-19-7-4-8-20(15-19)36-25(16-5-2-1-3-6-16)27(35)33-24-12-10-18(29)14-23(24)31/h1-15,25H,(H,32,34)(H,33,35). The minimum atomic E-state index is -0.588. The Morgan fingerprint density at radius 3 is 2.08 bits per heavy atom. The molecule has 0 bridgehead atoms. The molecule has 36 heavy (non-hydrogen) atoms. The average Bonchev–Trinajstić information content (AvgIpc) is 2.85. The number of rotatable bonds is 7. The number of benzene rings is 4. The quantitative estimate of drug-likeness (QED) is 0.216. The lowest BCUT2D eigenvalue weighted by Gasteiger charge is -2.18. The minimum Gasteiger partial charge on any atom is -0.323 e. The Morgan fingerprint density at radius 1 is 0.694 bits per heavy atom. The zero-order valence-corrected chi connectivity index (χ0v) is 22.3. The third-order valence-electron chi connectivity index (χ3n) is 5.05. The van der Waals surface area contributed by atoms with E-state index in [0.29, 0.717) is 32.0 Å². The summed E-state index contributed by atoms with van der Waals surface area (Å²) in [5, 5.41) is 6.67. The number of thioether (sulfide) groups is 1. The molecule has 0 aliphatic heterocycles. The lowest BCUT2D eigenvalue weighted by molar-refractivity contribution is -0.115. The number of amides is 2. The highest BCUT2D eigenvalue weighted by Gasteiger charge is 2.23. The van der Waals surface area contributed by atoms with Crippen LogP contribution in [0.25, 0.3) is 0 Å². The van der Waals surface area contributed by atoms with Crippen molar-refractivity contribution in [3.8, 4) is 0 Å². The fourth-order valence-electron chi connectivity index (χ4n) is 3.35. The van der Waals surface area contributed by atoms with E-state index in [2.05, 4.69) is 10.6 Å². The smallest absolute Gasteiger partial charge is 0.257 e. The van der Waals surface area contributed by atoms with Gasteiger partial charge >= 0.3 is 0 Å². The third-order valence-corrected chi connectivity index (χ3v) is 7.39. The molecule has 0 saturated heterocycles. The van der Waals surface area contributed by atoms with E-state index in [1.165, 1.54) is 17.8 Å². The molecule has 0 spiro atoms. The first kappa shape index (κ1) is 26.4. The summed E-state index contributed by atoms with van der Waals surface area (Å²) in [6.45, 7) is 0. The van der Waals surface area contributed by atoms with E-state index in [-0.39, 0.29) is 16.8 Å². The predicted molar refractivity (Wildman–Crippen MR) is 151 cm³/mol. The van der Waals surface area contributed by atoms with Gasteiger partial charge in [0.25, 0.3) is 5.91 Å². The van der Waals surface area contributed by atoms with Crippen molar-refractivity contribution in [3.63, 3.8) is 0 Å². The number of anilines is 2. The molecule has 1 atom stereocenters. The summed E-state index contributed by atoms with van der Waals surface area (Å²) in [5.41, 5.74) is 2.14. The van der Waals surface area contributed by atoms with Crippen LogP contribution in [0.3, 0.4) is 0 Å². The van der Waals surface area contributed by atoms with Crippen LogP contribution in [0, 0.1) is 0 Å². The molecule has 4 aromatic rings. The van der Waals surface area contributed by atoms with Gasteiger partial charge < -0.3 is 10.6 Å². The zero-order valence-electron chi connectivity index (χ0n) is 18.5. The second-order valence-corrected chi connectivity index (χ2v) is 10.5. The summed E-state index contributed by atoms with van der Waals surface area (Å²) >= 11 is 25.7. The van der Waals surface area contributed by atoms with Gasteiger partial charge in [0.2, 0.25) is 5.91 Å². The summed E-state index contributed by atoms with van der Waals surface area (Å²) in [5.74, 6) is -0.619. The number of halogens is 4. The minimum absolute atomic E-state index is 0.252. The van der Waals surface area contributed by atoms with Gasteiger partial charge in [0, 0.05) is 20.6 Å². The lowest BCUT2D eigenvalue weighted by Crippen LogP contribution is -2.19. The van der Waals surface area contributed by atoms with E-state index in [0.717, 1.165) is 10.5 Å². The molecule has 0 fully saturated rings. The van der Waals surface area contributed by atoms with Crippen molar-refractivity contribution in [1.29, 1.82) is 0 Å². The number of carbonyl (C=O) groups is 2. The van der Waals surface area contributed by atoms with Crippen LogP contribution in [0.1, 0.15) is 21.2 Å². The SMILES string of the molecule is O=C(Nc1cccc(SC(C(=O)Nc2ccc(Cl)cc2Cl)c2ccccc2)c1)c1ccc(Cl)cc1Cl. The van der Waals surface area contributed by atoms with Crippen molar-refractivity contribution >= 4 is 81.4 Å². The number of nitrogens with one attached hydrogen (secondary N) is 2. The lowest BCUT2D eigenvalue weighted by atomic mass is 10.1. The second-order valence-electron chi connectivity index (χ2n) is 7.63. The zero-order chi connectivity index (χ0) is 25.7. The van der Waals surface area contributed by atoms with Crippen LogP contribution in [0.2, 0.25) is 20.1 Å². The van der Waals surface area contributed by atoms with Crippen molar-refractivity contribution in [2.45, 2.75) is 10.1 Å². The second kappa shape index (κ2) is 12.0. The summed E-state index contributed by atoms with van der Waals surface area (Å²) in [6, 6.07) is 26.2. The topological polar surface area (TPSA) is 58.2 Å². The molecule has 2 amide bonds. The van der Waals surface area contributed by atoms with Gasteiger partial charge in [-0.1, -0.05) is 82.8 Å². The molecule has 4 nitrogen and oxygen atoms in total. The molecule has 0 heterocycles. The molecule has 9 heteroatoms. The first-order valence-corrected chi connectivity index (χ1v) is 13.0. The van der Waals surface area contributed by atoms with Gasteiger partial charge in [-0.25, -0.2) is 0 Å². The average molecular weight is 576 g/mol. The summed E-state index contributed by atoms with van der Waals surface area (Å²) in [6.07, 6.45) is 0. The highest BCUT2D eigenvalue weighted by molar-refractivity contribution is 8.00. The van der Waals surface area contributed by atoms with E-state index in [4.69, 9.17) is 46.4 Å². The van der Waals surface area contributed by atoms with Gasteiger partial charge in [0.1, 0.15) is 5.25 Å². The van der Waals surface area contributed by atoms with E-state index in [1.807, 2.05) is 36.4 Å². The number of carbonyl (C=O) groups excluding carboxylic acids is 2. The van der Waals surface area contributed by atoms with Crippen molar-refractivity contribution in [3.05, 3.63) is 122 Å². The maximum absolute atomic E-state index is 13.3. The molecule has 0 radical (unpaired) electrons. The van der Waals surface area contributed by atoms with Crippen LogP contribution in [-0.2, 0) is 4.79 Å². The Morgan fingerprint density at radius 2 is 1.39 bits per heavy atom. The maximum Gasteiger partial charge on any atom is 0.257 e. The number of hydrogen-bond donors (Lipinski definition) is 2. The Balaban J connectivity index is 1.56. The van der Waals surface area contributed by atoms with Gasteiger partial charge in [0.05, 0.1) is 21.3 Å². The monoisotopic (exact) mass is 574 g/mol. The molecular weight excluding hydrogens is 558 g/mol. The van der Waals surface area contributed by atoms with Gasteiger partial charge in [-0.2, -0.15) is 0 Å². The largest absolute Gasteiger partial charge is 0.323 e. The molecule has 0 saturated carbocycles. The molecule has 0 aromatic heterocycles. The van der Waals surface area contributed by atoms with Crippen molar-refractivity contribution < 1.29 is 9.59 Å². The molecular formula is C27H18Cl4N2O2S. The van der Waals surface area contributed by atoms with Gasteiger partial charge in [-0.15, -0.1) is 11.8 Å². The third kappa shape index (κ3) is 6.75. The Hall–Kier alpha value is -2.67. The van der Waals surface area contributed by atoms with Crippen LogP contribution >= 0.6 is 58.2 Å². The normalized spacial score (nSPS) is 11.6. The van der Waals surface area contributed by atoms with Crippen molar-refractivity contribution in [1.82, 2.24) is 0 Å². The van der Waals surface area contributed by atoms with Crippen LogP contribution in [0.15, 0.2) is 95.9 Å². The van der Waals surface area contributed by atoms with E-state index in [1.54, 1.807) is 48.5 Å². The van der Waals surface area contributed by atoms with Gasteiger partial charge in [-0.3, -0.25) is 9.59 Å². The molecule has 4 aromatic carbocycles. The molecule has 0 aliphatic carbocycles. The maximum atomic E-state index is 13.3. The summed E-state index contributed by atoms with van der Waals surface area (Å²) in [7, 11) is 0. The van der Waals surface area contributed by atoms with Crippen molar-refractivity contribution in [2.24, 2.45) is 0 Å². The highest BCUT2D eigenvalue weighted by atomic mass is 35.5. The highest BCUT2D eigenvalue weighted by Crippen LogP contribution is 2.38. The van der Waals surface area contributed by atoms with Crippen LogP contribution in [0.4, 0.5) is 11.4 Å². The Kier molecular flexibility index (Phi) is 8.83. The van der Waals surface area contributed by atoms with Gasteiger partial charge in [0.15, 0.2) is 0 Å². The van der Waals surface area contributed by atoms with Crippen LogP contribution in [-0.4, -0.2) is 11.8 Å². The predicted octanol–water partition coefficient (Wildman–Crippen LogP) is 9.02. The fourth-order valence-corrected chi connectivity index (χ4v) is 5.38. The molecule has 2 N–H and O–H groups in total. The first-order chi connectivity index (χ1) is 17.3. The first-order valence-electron chi connectivity index (χ1n) is 10.6. The van der Waals surface area contributed by atoms with Crippen LogP contribution < -0.4 is 10.6 Å². The fraction of sp³-hybridized carbons (Fsp3) is 0.0370. The Labute approximate surface area is 232 Å². The Bertz CT molecular complexity index is 1420. The number of hydrogen-bond acceptors (Lipinski definition) is 3. The molecule has 1 unspecified atom stereocenters. The van der Waals surface area contributed by atoms with E-state index >= 15 is 0 Å². The molecule has 0 aliphatic rings.